The average molecular weight is 523 g/mol. The van der Waals surface area contributed by atoms with Crippen LogP contribution in [0.5, 0.6) is 0 Å². The first-order valence-corrected chi connectivity index (χ1v) is 13.8. The molecule has 1 atom stereocenters. The number of sulfonamides is 2. The molecule has 9 nitrogen and oxygen atoms in total. The average Bonchev–Trinajstić information content (AvgIpc) is 2.77. The van der Waals surface area contributed by atoms with E-state index in [1.165, 1.54) is 42.6 Å². The van der Waals surface area contributed by atoms with E-state index in [0.29, 0.717) is 10.7 Å². The molecule has 0 radical (unpaired) electrons. The lowest BCUT2D eigenvalue weighted by atomic mass is 10.2. The highest BCUT2D eigenvalue weighted by atomic mass is 35.5. The third kappa shape index (κ3) is 6.25. The van der Waals surface area contributed by atoms with Crippen molar-refractivity contribution in [1.29, 1.82) is 0 Å². The van der Waals surface area contributed by atoms with Gasteiger partial charge in [-0.2, -0.15) is 0 Å². The number of nitrogens with zero attached hydrogens (tertiary/aromatic N) is 2. The van der Waals surface area contributed by atoms with Gasteiger partial charge in [-0.1, -0.05) is 30.7 Å². The number of benzene rings is 2. The smallest absolute Gasteiger partial charge is 0.263 e. The predicted molar refractivity (Wildman–Crippen MR) is 133 cm³/mol. The molecule has 2 aromatic carbocycles. The van der Waals surface area contributed by atoms with Gasteiger partial charge in [-0.05, 0) is 61.0 Å². The Bertz CT molecular complexity index is 1370. The Labute approximate surface area is 203 Å². The fraction of sp³-hybridized carbons (Fsp3) is 0.182. The molecule has 1 heterocycles. The van der Waals surface area contributed by atoms with Crippen molar-refractivity contribution in [2.75, 3.05) is 20.6 Å². The molecule has 0 saturated carbocycles. The summed E-state index contributed by atoms with van der Waals surface area (Å²) in [6.45, 7) is 1.69. The van der Waals surface area contributed by atoms with Crippen molar-refractivity contribution in [1.82, 2.24) is 4.98 Å². The van der Waals surface area contributed by atoms with Gasteiger partial charge in [-0.25, -0.2) is 21.8 Å². The fourth-order valence-corrected chi connectivity index (χ4v) is 5.63. The van der Waals surface area contributed by atoms with E-state index < -0.39 is 32.0 Å². The Morgan fingerprint density at radius 2 is 1.74 bits per heavy atom. The molecule has 0 unspecified atom stereocenters. The number of anilines is 3. The molecule has 1 amide bonds. The van der Waals surface area contributed by atoms with Gasteiger partial charge in [0, 0.05) is 16.9 Å². The van der Waals surface area contributed by atoms with Crippen LogP contribution in [0.4, 0.5) is 17.2 Å². The van der Waals surface area contributed by atoms with Crippen LogP contribution in [0.15, 0.2) is 77.8 Å². The number of hydrogen-bond donors (Lipinski definition) is 2. The third-order valence-corrected chi connectivity index (χ3v) is 7.51. The van der Waals surface area contributed by atoms with E-state index in [-0.39, 0.29) is 22.8 Å². The Kier molecular flexibility index (Phi) is 7.80. The molecule has 3 rings (SSSR count). The van der Waals surface area contributed by atoms with Gasteiger partial charge in [-0.15, -0.1) is 0 Å². The van der Waals surface area contributed by atoms with E-state index in [9.17, 15) is 21.6 Å². The molecule has 0 bridgehead atoms. The van der Waals surface area contributed by atoms with Crippen molar-refractivity contribution in [2.24, 2.45) is 0 Å². The fourth-order valence-electron chi connectivity index (χ4n) is 3.24. The van der Waals surface area contributed by atoms with E-state index in [2.05, 4.69) is 15.0 Å². The Morgan fingerprint density at radius 1 is 1.03 bits per heavy atom. The van der Waals surface area contributed by atoms with Gasteiger partial charge in [0.2, 0.25) is 15.9 Å². The molecule has 34 heavy (non-hydrogen) atoms. The van der Waals surface area contributed by atoms with E-state index in [1.54, 1.807) is 37.3 Å². The van der Waals surface area contributed by atoms with Crippen LogP contribution in [0.1, 0.15) is 13.3 Å². The van der Waals surface area contributed by atoms with Gasteiger partial charge in [0.25, 0.3) is 10.0 Å². The minimum absolute atomic E-state index is 0.0279. The number of carbonyl (C=O) groups excluding carboxylic acids is 1. The van der Waals surface area contributed by atoms with Crippen molar-refractivity contribution < 1.29 is 21.6 Å². The topological polar surface area (TPSA) is 126 Å². The molecule has 0 spiro atoms. The predicted octanol–water partition coefficient (Wildman–Crippen LogP) is 3.72. The molecular formula is C22H23ClN4O5S2. The second-order valence-corrected chi connectivity index (χ2v) is 11.3. The van der Waals surface area contributed by atoms with Crippen molar-refractivity contribution in [3.8, 4) is 0 Å². The Morgan fingerprint density at radius 3 is 2.29 bits per heavy atom. The number of amides is 1. The molecular weight excluding hydrogens is 500 g/mol. The first kappa shape index (κ1) is 25.5. The summed E-state index contributed by atoms with van der Waals surface area (Å²) in [4.78, 5) is 16.9. The van der Waals surface area contributed by atoms with Gasteiger partial charge >= 0.3 is 0 Å². The second kappa shape index (κ2) is 10.4. The zero-order valence-corrected chi connectivity index (χ0v) is 20.7. The lowest BCUT2D eigenvalue weighted by Crippen LogP contribution is -2.47. The maximum Gasteiger partial charge on any atom is 0.263 e. The summed E-state index contributed by atoms with van der Waals surface area (Å²) in [6, 6.07) is 15.5. The first-order chi connectivity index (χ1) is 16.0. The summed E-state index contributed by atoms with van der Waals surface area (Å²) in [6.07, 6.45) is 2.66. The quantitative estimate of drug-likeness (QED) is 0.441. The van der Waals surface area contributed by atoms with Crippen molar-refractivity contribution in [2.45, 2.75) is 24.3 Å². The van der Waals surface area contributed by atoms with Gasteiger partial charge in [0.1, 0.15) is 11.9 Å². The highest BCUT2D eigenvalue weighted by Crippen LogP contribution is 2.26. The normalized spacial score (nSPS) is 12.6. The van der Waals surface area contributed by atoms with E-state index in [1.807, 2.05) is 0 Å². The van der Waals surface area contributed by atoms with Gasteiger partial charge < -0.3 is 5.32 Å². The molecule has 0 fully saturated rings. The summed E-state index contributed by atoms with van der Waals surface area (Å²) >= 11 is 6.02. The molecule has 0 aliphatic heterocycles. The van der Waals surface area contributed by atoms with Crippen LogP contribution < -0.4 is 14.3 Å². The molecule has 0 aliphatic rings. The van der Waals surface area contributed by atoms with Crippen molar-refractivity contribution >= 4 is 54.7 Å². The van der Waals surface area contributed by atoms with Crippen molar-refractivity contribution in [3.63, 3.8) is 0 Å². The Hall–Kier alpha value is -3.15. The third-order valence-electron chi connectivity index (χ3n) is 4.73. The van der Waals surface area contributed by atoms with Gasteiger partial charge in [-0.3, -0.25) is 13.8 Å². The number of pyridine rings is 1. The maximum absolute atomic E-state index is 13.0. The van der Waals surface area contributed by atoms with Gasteiger partial charge in [0.05, 0.1) is 16.8 Å². The summed E-state index contributed by atoms with van der Waals surface area (Å²) in [5.41, 5.74) is 0.568. The molecule has 1 aromatic heterocycles. The maximum atomic E-state index is 13.0. The van der Waals surface area contributed by atoms with Crippen LogP contribution >= 0.6 is 11.6 Å². The SMILES string of the molecule is CC[C@H](C(=O)Nc1ccc(S(=O)(=O)Nc2ccccn2)cc1)N(c1cccc(Cl)c1)S(C)(=O)=O. The van der Waals surface area contributed by atoms with Crippen LogP contribution in [0.25, 0.3) is 0 Å². The van der Waals surface area contributed by atoms with Crippen molar-refractivity contribution in [3.05, 3.63) is 77.9 Å². The number of halogens is 1. The van der Waals surface area contributed by atoms with Crippen LogP contribution in [0.2, 0.25) is 5.02 Å². The molecule has 180 valence electrons. The summed E-state index contributed by atoms with van der Waals surface area (Å²) in [5.74, 6) is -0.400. The zero-order valence-electron chi connectivity index (χ0n) is 18.3. The highest BCUT2D eigenvalue weighted by molar-refractivity contribution is 7.92. The van der Waals surface area contributed by atoms with Crippen LogP contribution in [-0.2, 0) is 24.8 Å². The number of aromatic nitrogens is 1. The minimum Gasteiger partial charge on any atom is -0.324 e. The molecule has 2 N–H and O–H groups in total. The number of carbonyl (C=O) groups is 1. The van der Waals surface area contributed by atoms with E-state index in [4.69, 9.17) is 11.6 Å². The monoisotopic (exact) mass is 522 g/mol. The lowest BCUT2D eigenvalue weighted by molar-refractivity contribution is -0.117. The van der Waals surface area contributed by atoms with E-state index >= 15 is 0 Å². The largest absolute Gasteiger partial charge is 0.324 e. The van der Waals surface area contributed by atoms with E-state index in [0.717, 1.165) is 10.6 Å². The number of nitrogens with one attached hydrogen (secondary N) is 2. The van der Waals surface area contributed by atoms with Crippen LogP contribution in [-0.4, -0.2) is 40.0 Å². The lowest BCUT2D eigenvalue weighted by Gasteiger charge is -2.30. The van der Waals surface area contributed by atoms with Crippen LogP contribution in [0, 0.1) is 0 Å². The number of rotatable bonds is 9. The summed E-state index contributed by atoms with van der Waals surface area (Å²) in [7, 11) is -7.70. The van der Waals surface area contributed by atoms with Crippen LogP contribution in [0.3, 0.4) is 0 Å². The molecule has 0 aliphatic carbocycles. The molecule has 3 aromatic rings. The second-order valence-electron chi connectivity index (χ2n) is 7.30. The van der Waals surface area contributed by atoms with Gasteiger partial charge in [0.15, 0.2) is 0 Å². The minimum atomic E-state index is -3.88. The summed E-state index contributed by atoms with van der Waals surface area (Å²) in [5, 5.41) is 2.98. The highest BCUT2D eigenvalue weighted by Gasteiger charge is 2.31. The first-order valence-electron chi connectivity index (χ1n) is 10.1. The Balaban J connectivity index is 1.80. The zero-order chi connectivity index (χ0) is 24.9. The summed E-state index contributed by atoms with van der Waals surface area (Å²) < 4.78 is 53.5. The molecule has 0 saturated heterocycles. The molecule has 12 heteroatoms. The number of hydrogen-bond acceptors (Lipinski definition) is 6. The standard InChI is InChI=1S/C22H23ClN4O5S2/c1-3-20(27(33(2,29)30)18-8-6-7-16(23)15-18)22(28)25-17-10-12-19(13-11-17)34(31,32)26-21-9-4-5-14-24-21/h4-15,20H,3H2,1-2H3,(H,24,26)(H,25,28)/t20-/m1/s1.